The Morgan fingerprint density at radius 3 is 2.65 bits per heavy atom. The highest BCUT2D eigenvalue weighted by atomic mass is 19.1. The van der Waals surface area contributed by atoms with E-state index in [9.17, 15) is 0 Å². The van der Waals surface area contributed by atoms with Gasteiger partial charge in [-0.1, -0.05) is 53.2 Å². The van der Waals surface area contributed by atoms with Crippen LogP contribution in [0.1, 0.15) is 66.2 Å². The van der Waals surface area contributed by atoms with Gasteiger partial charge >= 0.3 is 0 Å². The van der Waals surface area contributed by atoms with Crippen LogP contribution in [0, 0.1) is 12.7 Å². The number of aromatic nitrogens is 4. The maximum absolute atomic E-state index is 15.0. The Balaban J connectivity index is 1.31. The molecule has 0 saturated heterocycles. The van der Waals surface area contributed by atoms with Crippen molar-refractivity contribution in [1.29, 1.82) is 0 Å². The number of aromatic amines is 1. The van der Waals surface area contributed by atoms with Crippen molar-refractivity contribution in [2.24, 2.45) is 0 Å². The van der Waals surface area contributed by atoms with Gasteiger partial charge in [0.2, 0.25) is 0 Å². The average Bonchev–Trinajstić information content (AvgIpc) is 3.33. The third-order valence-electron chi connectivity index (χ3n) is 7.11. The minimum absolute atomic E-state index is 0.203. The van der Waals surface area contributed by atoms with Gasteiger partial charge in [-0.3, -0.25) is 0 Å². The lowest BCUT2D eigenvalue weighted by Crippen LogP contribution is -2.34. The summed E-state index contributed by atoms with van der Waals surface area (Å²) in [6, 6.07) is 18.4. The van der Waals surface area contributed by atoms with Crippen molar-refractivity contribution in [3.63, 3.8) is 0 Å². The molecule has 4 N–H and O–H groups in total. The first-order chi connectivity index (χ1) is 16.6. The summed E-state index contributed by atoms with van der Waals surface area (Å²) in [7, 11) is 0. The zero-order chi connectivity index (χ0) is 23.5. The highest BCUT2D eigenvalue weighted by molar-refractivity contribution is 5.77. The van der Waals surface area contributed by atoms with Crippen LogP contribution in [0.25, 0.3) is 11.2 Å². The molecule has 1 unspecified atom stereocenters. The summed E-state index contributed by atoms with van der Waals surface area (Å²) in [5.74, 6) is 0.601. The number of hydrogen-bond donors (Lipinski definition) is 3. The standard InChI is InChI=1S/C27H31FN6/c1-17-7-12-24(28)22(15-17)21(23-16-25(29)31-27-26(23)32-34-33-27)13-14-30-20-10-8-19(9-11-20)18-5-3-2-4-6-18/h2-7,12,15-16,19-21,30H,8-11,13-14H2,1H3,(H3,29,31,32,33,34). The first-order valence-corrected chi connectivity index (χ1v) is 12.1. The number of H-pyrrole nitrogens is 1. The lowest BCUT2D eigenvalue weighted by Gasteiger charge is -2.30. The van der Waals surface area contributed by atoms with Crippen molar-refractivity contribution in [3.05, 3.63) is 82.7 Å². The van der Waals surface area contributed by atoms with E-state index >= 15 is 4.39 Å². The van der Waals surface area contributed by atoms with Crippen LogP contribution in [0.15, 0.2) is 54.6 Å². The molecule has 1 aliphatic carbocycles. The summed E-state index contributed by atoms with van der Waals surface area (Å²) in [6.45, 7) is 2.76. The molecule has 2 aromatic carbocycles. The number of fused-ring (bicyclic) bond motifs is 1. The molecular weight excluding hydrogens is 427 g/mol. The van der Waals surface area contributed by atoms with Crippen LogP contribution >= 0.6 is 0 Å². The number of rotatable bonds is 7. The third kappa shape index (κ3) is 4.80. The first kappa shape index (κ1) is 22.5. The van der Waals surface area contributed by atoms with E-state index in [0.29, 0.717) is 34.5 Å². The molecule has 1 saturated carbocycles. The van der Waals surface area contributed by atoms with E-state index in [4.69, 9.17) is 5.73 Å². The number of nitrogens with zero attached hydrogens (tertiary/aromatic N) is 3. The Labute approximate surface area is 199 Å². The van der Waals surface area contributed by atoms with Gasteiger partial charge in [-0.15, -0.1) is 5.10 Å². The summed E-state index contributed by atoms with van der Waals surface area (Å²) in [4.78, 5) is 4.29. The highest BCUT2D eigenvalue weighted by Gasteiger charge is 2.25. The number of nitrogens with two attached hydrogens (primary N) is 1. The topological polar surface area (TPSA) is 92.5 Å². The molecule has 1 aliphatic rings. The normalized spacial score (nSPS) is 19.4. The Morgan fingerprint density at radius 1 is 1.06 bits per heavy atom. The van der Waals surface area contributed by atoms with E-state index in [0.717, 1.165) is 36.9 Å². The van der Waals surface area contributed by atoms with Crippen LogP contribution in [-0.4, -0.2) is 33.0 Å². The van der Waals surface area contributed by atoms with Gasteiger partial charge in [-0.2, -0.15) is 0 Å². The monoisotopic (exact) mass is 458 g/mol. The van der Waals surface area contributed by atoms with Crippen molar-refractivity contribution < 1.29 is 4.39 Å². The SMILES string of the molecule is Cc1ccc(F)c(C(CCNC2CCC(c3ccccc3)CC2)c2cc(N)nc3[nH]nnc23)c1. The first-order valence-electron chi connectivity index (χ1n) is 12.1. The summed E-state index contributed by atoms with van der Waals surface area (Å²) in [6.07, 6.45) is 5.41. The number of nitrogen functional groups attached to an aromatic ring is 1. The van der Waals surface area contributed by atoms with Gasteiger partial charge in [-0.05, 0) is 80.3 Å². The number of pyridine rings is 1. The second kappa shape index (κ2) is 9.89. The molecule has 0 amide bonds. The summed E-state index contributed by atoms with van der Waals surface area (Å²) in [5, 5.41) is 14.7. The Hall–Kier alpha value is -3.32. The molecule has 0 aliphatic heterocycles. The molecule has 0 bridgehead atoms. The van der Waals surface area contributed by atoms with Gasteiger partial charge in [0.15, 0.2) is 5.65 Å². The quantitative estimate of drug-likeness (QED) is 0.353. The highest BCUT2D eigenvalue weighted by Crippen LogP contribution is 2.35. The predicted molar refractivity (Wildman–Crippen MR) is 133 cm³/mol. The molecular formula is C27H31FN6. The number of nitrogens with one attached hydrogen (secondary N) is 2. The van der Waals surface area contributed by atoms with Crippen molar-refractivity contribution in [1.82, 2.24) is 25.7 Å². The van der Waals surface area contributed by atoms with Crippen LogP contribution in [0.2, 0.25) is 0 Å². The second-order valence-corrected chi connectivity index (χ2v) is 9.42. The van der Waals surface area contributed by atoms with Gasteiger partial charge in [0.25, 0.3) is 0 Å². The molecule has 6 nitrogen and oxygen atoms in total. The van der Waals surface area contributed by atoms with Crippen LogP contribution in [-0.2, 0) is 0 Å². The minimum Gasteiger partial charge on any atom is -0.384 e. The lowest BCUT2D eigenvalue weighted by molar-refractivity contribution is 0.340. The largest absolute Gasteiger partial charge is 0.384 e. The zero-order valence-corrected chi connectivity index (χ0v) is 19.5. The molecule has 34 heavy (non-hydrogen) atoms. The second-order valence-electron chi connectivity index (χ2n) is 9.42. The number of aryl methyl sites for hydroxylation is 1. The van der Waals surface area contributed by atoms with Crippen LogP contribution in [0.4, 0.5) is 10.2 Å². The van der Waals surface area contributed by atoms with E-state index in [-0.39, 0.29) is 11.7 Å². The van der Waals surface area contributed by atoms with E-state index in [1.54, 1.807) is 12.1 Å². The Bertz CT molecular complexity index is 1250. The predicted octanol–water partition coefficient (Wildman–Crippen LogP) is 5.22. The van der Waals surface area contributed by atoms with Gasteiger partial charge in [0.05, 0.1) is 0 Å². The van der Waals surface area contributed by atoms with E-state index < -0.39 is 0 Å². The molecule has 2 heterocycles. The molecule has 2 aromatic heterocycles. The number of hydrogen-bond acceptors (Lipinski definition) is 5. The smallest absolute Gasteiger partial charge is 0.178 e. The number of halogens is 1. The van der Waals surface area contributed by atoms with Crippen molar-refractivity contribution in [2.75, 3.05) is 12.3 Å². The zero-order valence-electron chi connectivity index (χ0n) is 19.5. The maximum Gasteiger partial charge on any atom is 0.178 e. The molecule has 7 heteroatoms. The molecule has 5 rings (SSSR count). The van der Waals surface area contributed by atoms with Gasteiger partial charge < -0.3 is 11.1 Å². The van der Waals surface area contributed by atoms with Crippen molar-refractivity contribution in [2.45, 2.75) is 56.9 Å². The fourth-order valence-electron chi connectivity index (χ4n) is 5.35. The molecule has 176 valence electrons. The molecule has 0 spiro atoms. The summed E-state index contributed by atoms with van der Waals surface area (Å²) >= 11 is 0. The van der Waals surface area contributed by atoms with Gasteiger partial charge in [-0.25, -0.2) is 14.5 Å². The van der Waals surface area contributed by atoms with Gasteiger partial charge in [0.1, 0.15) is 17.2 Å². The fraction of sp³-hybridized carbons (Fsp3) is 0.370. The van der Waals surface area contributed by atoms with Gasteiger partial charge in [0, 0.05) is 12.0 Å². The van der Waals surface area contributed by atoms with Crippen LogP contribution < -0.4 is 11.1 Å². The maximum atomic E-state index is 15.0. The molecule has 1 atom stereocenters. The van der Waals surface area contributed by atoms with E-state index in [1.807, 2.05) is 19.1 Å². The van der Waals surface area contributed by atoms with Crippen molar-refractivity contribution >= 4 is 17.0 Å². The summed E-state index contributed by atoms with van der Waals surface area (Å²) in [5.41, 5.74) is 11.2. The van der Waals surface area contributed by atoms with Crippen LogP contribution in [0.3, 0.4) is 0 Å². The Morgan fingerprint density at radius 2 is 1.85 bits per heavy atom. The summed E-state index contributed by atoms with van der Waals surface area (Å²) < 4.78 is 15.0. The Kier molecular flexibility index (Phi) is 6.54. The molecule has 1 fully saturated rings. The van der Waals surface area contributed by atoms with Crippen LogP contribution in [0.5, 0.6) is 0 Å². The van der Waals surface area contributed by atoms with E-state index in [2.05, 4.69) is 56.0 Å². The minimum atomic E-state index is -0.217. The number of anilines is 1. The fourth-order valence-corrected chi connectivity index (χ4v) is 5.35. The molecule has 4 aromatic rings. The van der Waals surface area contributed by atoms with E-state index in [1.165, 1.54) is 18.4 Å². The third-order valence-corrected chi connectivity index (χ3v) is 7.11. The number of benzene rings is 2. The molecule has 0 radical (unpaired) electrons. The van der Waals surface area contributed by atoms with Crippen molar-refractivity contribution in [3.8, 4) is 0 Å². The lowest BCUT2D eigenvalue weighted by atomic mass is 9.81. The average molecular weight is 459 g/mol.